The summed E-state index contributed by atoms with van der Waals surface area (Å²) >= 11 is 0. The van der Waals surface area contributed by atoms with E-state index in [0.29, 0.717) is 6.61 Å². The monoisotopic (exact) mass is 392 g/mol. The van der Waals surface area contributed by atoms with Crippen molar-refractivity contribution in [2.45, 2.75) is 20.8 Å². The molecule has 4 nitrogen and oxygen atoms in total. The topological polar surface area (TPSA) is 34.6 Å². The first-order chi connectivity index (χ1) is 14.1. The van der Waals surface area contributed by atoms with Gasteiger partial charge in [0.25, 0.3) is 0 Å². The molecule has 2 aromatic carbocycles. The zero-order valence-corrected chi connectivity index (χ0v) is 18.4. The molecule has 1 heterocycles. The molecule has 0 amide bonds. The third-order valence-electron chi connectivity index (χ3n) is 4.37. The fraction of sp³-hybridized carbons (Fsp3) is 0.320. The van der Waals surface area contributed by atoms with Crippen LogP contribution in [0.2, 0.25) is 0 Å². The Kier molecular flexibility index (Phi) is 8.68. The average Bonchev–Trinajstić information content (AvgIpc) is 2.75. The number of hydrogen-bond acceptors (Lipinski definition) is 4. The van der Waals surface area contributed by atoms with Crippen LogP contribution >= 0.6 is 0 Å². The number of benzene rings is 2. The summed E-state index contributed by atoms with van der Waals surface area (Å²) in [5.74, 6) is 1.72. The number of aromatic nitrogens is 1. The minimum atomic E-state index is 0.673. The molecule has 1 aromatic heterocycles. The number of rotatable bonds is 7. The molecule has 4 heteroatoms. The van der Waals surface area contributed by atoms with Crippen LogP contribution in [-0.4, -0.2) is 44.2 Å². The lowest BCUT2D eigenvalue weighted by atomic mass is 9.98. The molecule has 0 aliphatic carbocycles. The van der Waals surface area contributed by atoms with Crippen LogP contribution in [0.3, 0.4) is 0 Å². The predicted molar refractivity (Wildman–Crippen MR) is 122 cm³/mol. The lowest BCUT2D eigenvalue weighted by Gasteiger charge is -2.13. The van der Waals surface area contributed by atoms with Crippen molar-refractivity contribution < 1.29 is 9.47 Å². The zero-order chi connectivity index (χ0) is 21.2. The minimum absolute atomic E-state index is 0.673. The first-order valence-corrected chi connectivity index (χ1v) is 10.1. The highest BCUT2D eigenvalue weighted by Crippen LogP contribution is 2.32. The predicted octanol–water partition coefficient (Wildman–Crippen LogP) is 5.70. The maximum atomic E-state index is 5.80. The Labute approximate surface area is 175 Å². The van der Waals surface area contributed by atoms with Gasteiger partial charge in [-0.15, -0.1) is 0 Å². The van der Waals surface area contributed by atoms with Crippen molar-refractivity contribution in [3.63, 3.8) is 0 Å². The molecule has 0 saturated heterocycles. The van der Waals surface area contributed by atoms with Gasteiger partial charge in [0.05, 0.1) is 12.8 Å². The van der Waals surface area contributed by atoms with Gasteiger partial charge in [-0.2, -0.15) is 0 Å². The highest BCUT2D eigenvalue weighted by Gasteiger charge is 2.10. The average molecular weight is 393 g/mol. The van der Waals surface area contributed by atoms with E-state index in [1.807, 2.05) is 65.2 Å². The van der Waals surface area contributed by atoms with Crippen LogP contribution in [0.25, 0.3) is 22.4 Å². The summed E-state index contributed by atoms with van der Waals surface area (Å²) in [7, 11) is 5.75. The third-order valence-corrected chi connectivity index (χ3v) is 4.37. The molecule has 0 spiro atoms. The van der Waals surface area contributed by atoms with Crippen molar-refractivity contribution in [1.29, 1.82) is 0 Å². The number of pyridine rings is 1. The van der Waals surface area contributed by atoms with E-state index in [1.54, 1.807) is 7.11 Å². The van der Waals surface area contributed by atoms with Gasteiger partial charge in [0, 0.05) is 23.4 Å². The first-order valence-electron chi connectivity index (χ1n) is 10.1. The SMILES string of the molecule is CC.COc1ccc(-c2ccc(C)nc2-c2ccc(OCCN(C)C)cc2)cc1. The summed E-state index contributed by atoms with van der Waals surface area (Å²) in [4.78, 5) is 6.90. The van der Waals surface area contributed by atoms with Crippen LogP contribution in [0.1, 0.15) is 19.5 Å². The largest absolute Gasteiger partial charge is 0.497 e. The second-order valence-corrected chi connectivity index (χ2v) is 6.75. The molecule has 0 N–H and O–H groups in total. The van der Waals surface area contributed by atoms with E-state index in [1.165, 1.54) is 0 Å². The molecule has 29 heavy (non-hydrogen) atoms. The number of hydrogen-bond donors (Lipinski definition) is 0. The van der Waals surface area contributed by atoms with Crippen molar-refractivity contribution >= 4 is 0 Å². The van der Waals surface area contributed by atoms with Crippen LogP contribution in [0.15, 0.2) is 60.7 Å². The molecule has 0 atom stereocenters. The first kappa shape index (κ1) is 22.4. The molecular weight excluding hydrogens is 360 g/mol. The van der Waals surface area contributed by atoms with Gasteiger partial charge >= 0.3 is 0 Å². The summed E-state index contributed by atoms with van der Waals surface area (Å²) in [6, 6.07) is 20.4. The Bertz CT molecular complexity index is 872. The quantitative estimate of drug-likeness (QED) is 0.517. The van der Waals surface area contributed by atoms with Crippen molar-refractivity contribution in [2.24, 2.45) is 0 Å². The third kappa shape index (κ3) is 6.33. The van der Waals surface area contributed by atoms with Crippen molar-refractivity contribution in [1.82, 2.24) is 9.88 Å². The number of likely N-dealkylation sites (N-methyl/N-ethyl adjacent to an activating group) is 1. The highest BCUT2D eigenvalue weighted by atomic mass is 16.5. The van der Waals surface area contributed by atoms with Gasteiger partial charge in [0.2, 0.25) is 0 Å². The van der Waals surface area contributed by atoms with Gasteiger partial charge in [0.15, 0.2) is 0 Å². The van der Waals surface area contributed by atoms with Crippen LogP contribution in [0.5, 0.6) is 11.5 Å². The van der Waals surface area contributed by atoms with Crippen molar-refractivity contribution in [3.05, 3.63) is 66.4 Å². The molecule has 0 aliphatic heterocycles. The second-order valence-electron chi connectivity index (χ2n) is 6.75. The lowest BCUT2D eigenvalue weighted by molar-refractivity contribution is 0.261. The van der Waals surface area contributed by atoms with Gasteiger partial charge in [0.1, 0.15) is 18.1 Å². The standard InChI is InChI=1S/C23H26N2O2.C2H6/c1-17-5-14-22(18-6-10-20(26-4)11-7-18)23(24-17)19-8-12-21(13-9-19)27-16-15-25(2)3;1-2/h5-14H,15-16H2,1-4H3;1-2H3. The molecule has 3 aromatic rings. The van der Waals surface area contributed by atoms with E-state index in [9.17, 15) is 0 Å². The number of methoxy groups -OCH3 is 1. The molecule has 0 radical (unpaired) electrons. The number of nitrogens with zero attached hydrogens (tertiary/aromatic N) is 2. The smallest absolute Gasteiger partial charge is 0.119 e. The highest BCUT2D eigenvalue weighted by molar-refractivity contribution is 5.81. The van der Waals surface area contributed by atoms with Gasteiger partial charge in [-0.25, -0.2) is 0 Å². The maximum Gasteiger partial charge on any atom is 0.119 e. The molecule has 0 aliphatic rings. The normalized spacial score (nSPS) is 10.3. The van der Waals surface area contributed by atoms with E-state index >= 15 is 0 Å². The van der Waals surface area contributed by atoms with E-state index in [4.69, 9.17) is 14.5 Å². The minimum Gasteiger partial charge on any atom is -0.497 e. The van der Waals surface area contributed by atoms with Crippen molar-refractivity contribution in [2.75, 3.05) is 34.4 Å². The van der Waals surface area contributed by atoms with Gasteiger partial charge in [-0.3, -0.25) is 4.98 Å². The van der Waals surface area contributed by atoms with E-state index in [0.717, 1.165) is 46.1 Å². The summed E-state index contributed by atoms with van der Waals surface area (Å²) in [6.07, 6.45) is 0. The van der Waals surface area contributed by atoms with E-state index < -0.39 is 0 Å². The summed E-state index contributed by atoms with van der Waals surface area (Å²) in [5.41, 5.74) is 5.26. The van der Waals surface area contributed by atoms with Gasteiger partial charge < -0.3 is 14.4 Å². The second kappa shape index (κ2) is 11.2. The van der Waals surface area contributed by atoms with E-state index in [-0.39, 0.29) is 0 Å². The molecule has 154 valence electrons. The van der Waals surface area contributed by atoms with Gasteiger partial charge in [-0.05, 0) is 69.0 Å². The number of aryl methyl sites for hydroxylation is 1. The number of ether oxygens (including phenoxy) is 2. The van der Waals surface area contributed by atoms with Crippen molar-refractivity contribution in [3.8, 4) is 33.9 Å². The Hall–Kier alpha value is -2.85. The summed E-state index contributed by atoms with van der Waals surface area (Å²) in [6.45, 7) is 7.58. The molecule has 0 fully saturated rings. The molecule has 3 rings (SSSR count). The lowest BCUT2D eigenvalue weighted by Crippen LogP contribution is -2.19. The zero-order valence-electron chi connectivity index (χ0n) is 18.4. The molecule has 0 unspecified atom stereocenters. The van der Waals surface area contributed by atoms with Crippen LogP contribution in [0.4, 0.5) is 0 Å². The van der Waals surface area contributed by atoms with Crippen LogP contribution < -0.4 is 9.47 Å². The Morgan fingerprint density at radius 3 is 1.97 bits per heavy atom. The molecule has 0 bridgehead atoms. The fourth-order valence-corrected chi connectivity index (χ4v) is 2.84. The fourth-order valence-electron chi connectivity index (χ4n) is 2.84. The van der Waals surface area contributed by atoms with Gasteiger partial charge in [-0.1, -0.05) is 32.0 Å². The van der Waals surface area contributed by atoms with E-state index in [2.05, 4.69) is 35.2 Å². The van der Waals surface area contributed by atoms with Crippen LogP contribution in [-0.2, 0) is 0 Å². The molecule has 0 saturated carbocycles. The summed E-state index contributed by atoms with van der Waals surface area (Å²) in [5, 5.41) is 0. The van der Waals surface area contributed by atoms with Crippen LogP contribution in [0, 0.1) is 6.92 Å². The molecular formula is C25H32N2O2. The Balaban J connectivity index is 0.00000145. The Morgan fingerprint density at radius 2 is 1.38 bits per heavy atom. The summed E-state index contributed by atoms with van der Waals surface area (Å²) < 4.78 is 11.1. The maximum absolute atomic E-state index is 5.80. The Morgan fingerprint density at radius 1 is 0.793 bits per heavy atom.